The second-order valence-electron chi connectivity index (χ2n) is 7.57. The summed E-state index contributed by atoms with van der Waals surface area (Å²) in [6.07, 6.45) is 6.19. The normalized spacial score (nSPS) is 15.0. The molecule has 0 saturated carbocycles. The minimum Gasteiger partial charge on any atom is -0.450 e. The Labute approximate surface area is 184 Å². The fourth-order valence-corrected chi connectivity index (χ4v) is 3.69. The molecular formula is C23H34N6O2. The molecule has 0 radical (unpaired) electrons. The summed E-state index contributed by atoms with van der Waals surface area (Å²) in [5.41, 5.74) is 1.26. The van der Waals surface area contributed by atoms with E-state index in [1.54, 1.807) is 4.90 Å². The number of aromatic nitrogens is 2. The Morgan fingerprint density at radius 3 is 2.71 bits per heavy atom. The summed E-state index contributed by atoms with van der Waals surface area (Å²) in [5, 5.41) is 6.84. The molecule has 168 valence electrons. The molecule has 1 aliphatic rings. The van der Waals surface area contributed by atoms with Crippen molar-refractivity contribution in [1.82, 2.24) is 25.1 Å². The molecule has 1 aromatic heterocycles. The van der Waals surface area contributed by atoms with Crippen LogP contribution >= 0.6 is 0 Å². The molecule has 2 aromatic rings. The Balaban J connectivity index is 1.50. The molecule has 1 aromatic carbocycles. The number of hydrogen-bond donors (Lipinski definition) is 2. The van der Waals surface area contributed by atoms with Crippen molar-refractivity contribution in [2.45, 2.75) is 45.7 Å². The quantitative estimate of drug-likeness (QED) is 0.501. The van der Waals surface area contributed by atoms with E-state index in [-0.39, 0.29) is 6.09 Å². The van der Waals surface area contributed by atoms with Crippen LogP contribution in [0.3, 0.4) is 0 Å². The number of imidazole rings is 1. The van der Waals surface area contributed by atoms with Crippen molar-refractivity contribution in [1.29, 1.82) is 0 Å². The highest BCUT2D eigenvalue weighted by Gasteiger charge is 2.24. The van der Waals surface area contributed by atoms with E-state index >= 15 is 0 Å². The number of benzene rings is 1. The van der Waals surface area contributed by atoms with Gasteiger partial charge in [-0.2, -0.15) is 0 Å². The maximum Gasteiger partial charge on any atom is 0.409 e. The van der Waals surface area contributed by atoms with Crippen molar-refractivity contribution >= 4 is 12.1 Å². The third-order valence-electron chi connectivity index (χ3n) is 5.31. The number of nitrogens with zero attached hydrogens (tertiary/aromatic N) is 4. The second-order valence-corrected chi connectivity index (χ2v) is 7.57. The summed E-state index contributed by atoms with van der Waals surface area (Å²) in [6, 6.07) is 10.7. The number of aliphatic imine (C=N–C) groups is 1. The molecular weight excluding hydrogens is 392 g/mol. The van der Waals surface area contributed by atoms with Gasteiger partial charge in [0.15, 0.2) is 5.96 Å². The van der Waals surface area contributed by atoms with Crippen LogP contribution in [0.2, 0.25) is 0 Å². The number of guanidine groups is 1. The van der Waals surface area contributed by atoms with Crippen molar-refractivity contribution in [3.8, 4) is 0 Å². The molecule has 0 atom stereocenters. The van der Waals surface area contributed by atoms with Gasteiger partial charge in [-0.25, -0.2) is 9.78 Å². The fourth-order valence-electron chi connectivity index (χ4n) is 3.69. The summed E-state index contributed by atoms with van der Waals surface area (Å²) in [5.74, 6) is 1.85. The first-order valence-corrected chi connectivity index (χ1v) is 11.2. The molecule has 0 spiro atoms. The minimum absolute atomic E-state index is 0.215. The van der Waals surface area contributed by atoms with E-state index in [1.807, 2.05) is 25.4 Å². The van der Waals surface area contributed by atoms with E-state index in [9.17, 15) is 4.79 Å². The average Bonchev–Trinajstić information content (AvgIpc) is 3.22. The standard InChI is InChI=1S/C23H34N6O2/c1-3-24-22(27-20-11-15-28(16-12-20)23(30)31-4-2)26-13-10-21-25-14-17-29(21)18-19-8-6-5-7-9-19/h5-9,14,17,20H,3-4,10-13,15-16,18H2,1-2H3,(H2,24,26,27). The van der Waals surface area contributed by atoms with Crippen LogP contribution in [0.4, 0.5) is 4.79 Å². The van der Waals surface area contributed by atoms with Gasteiger partial charge in [-0.15, -0.1) is 0 Å². The van der Waals surface area contributed by atoms with Crippen molar-refractivity contribution < 1.29 is 9.53 Å². The number of nitrogens with one attached hydrogen (secondary N) is 2. The van der Waals surface area contributed by atoms with Crippen LogP contribution in [0, 0.1) is 0 Å². The maximum absolute atomic E-state index is 11.9. The van der Waals surface area contributed by atoms with Gasteiger partial charge in [0.05, 0.1) is 6.61 Å². The van der Waals surface area contributed by atoms with Crippen LogP contribution in [-0.4, -0.2) is 65.3 Å². The number of hydrogen-bond acceptors (Lipinski definition) is 4. The zero-order valence-corrected chi connectivity index (χ0v) is 18.6. The summed E-state index contributed by atoms with van der Waals surface area (Å²) in [7, 11) is 0. The number of likely N-dealkylation sites (tertiary alicyclic amines) is 1. The fraction of sp³-hybridized carbons (Fsp3) is 0.522. The lowest BCUT2D eigenvalue weighted by Gasteiger charge is -2.32. The highest BCUT2D eigenvalue weighted by Crippen LogP contribution is 2.11. The van der Waals surface area contributed by atoms with Gasteiger partial charge in [-0.05, 0) is 32.3 Å². The molecule has 31 heavy (non-hydrogen) atoms. The van der Waals surface area contributed by atoms with Gasteiger partial charge in [0.25, 0.3) is 0 Å². The van der Waals surface area contributed by atoms with Crippen molar-refractivity contribution in [3.05, 3.63) is 54.1 Å². The Kier molecular flexibility index (Phi) is 8.75. The van der Waals surface area contributed by atoms with E-state index in [0.717, 1.165) is 44.1 Å². The second kappa shape index (κ2) is 12.0. The molecule has 2 heterocycles. The highest BCUT2D eigenvalue weighted by molar-refractivity contribution is 5.80. The minimum atomic E-state index is -0.215. The van der Waals surface area contributed by atoms with Gasteiger partial charge in [-0.1, -0.05) is 30.3 Å². The average molecular weight is 427 g/mol. The number of carbonyl (C=O) groups excluding carboxylic acids is 1. The van der Waals surface area contributed by atoms with E-state index in [1.165, 1.54) is 5.56 Å². The van der Waals surface area contributed by atoms with Crippen molar-refractivity contribution in [2.75, 3.05) is 32.8 Å². The number of piperidine rings is 1. The topological polar surface area (TPSA) is 83.8 Å². The van der Waals surface area contributed by atoms with Crippen LogP contribution in [0.5, 0.6) is 0 Å². The first-order chi connectivity index (χ1) is 15.2. The van der Waals surface area contributed by atoms with Gasteiger partial charge < -0.3 is 24.8 Å². The molecule has 1 saturated heterocycles. The molecule has 2 N–H and O–H groups in total. The molecule has 1 amide bonds. The summed E-state index contributed by atoms with van der Waals surface area (Å²) in [6.45, 7) is 7.99. The number of ether oxygens (including phenoxy) is 1. The molecule has 0 aliphatic carbocycles. The number of carbonyl (C=O) groups is 1. The Morgan fingerprint density at radius 2 is 2.00 bits per heavy atom. The molecule has 8 nitrogen and oxygen atoms in total. The van der Waals surface area contributed by atoms with E-state index in [0.29, 0.717) is 32.3 Å². The van der Waals surface area contributed by atoms with Crippen LogP contribution in [0.25, 0.3) is 0 Å². The highest BCUT2D eigenvalue weighted by atomic mass is 16.6. The van der Waals surface area contributed by atoms with Crippen molar-refractivity contribution in [3.63, 3.8) is 0 Å². The molecule has 1 fully saturated rings. The van der Waals surface area contributed by atoms with E-state index in [4.69, 9.17) is 9.73 Å². The zero-order valence-electron chi connectivity index (χ0n) is 18.6. The lowest BCUT2D eigenvalue weighted by Crippen LogP contribution is -2.50. The number of amides is 1. The van der Waals surface area contributed by atoms with Crippen LogP contribution in [0.15, 0.2) is 47.7 Å². The first kappa shape index (κ1) is 22.7. The zero-order chi connectivity index (χ0) is 21.9. The third-order valence-corrected chi connectivity index (χ3v) is 5.31. The Morgan fingerprint density at radius 1 is 1.23 bits per heavy atom. The van der Waals surface area contributed by atoms with E-state index in [2.05, 4.69) is 51.4 Å². The molecule has 1 aliphatic heterocycles. The maximum atomic E-state index is 11.9. The van der Waals surface area contributed by atoms with E-state index < -0.39 is 0 Å². The van der Waals surface area contributed by atoms with Gasteiger partial charge in [0.1, 0.15) is 5.82 Å². The predicted molar refractivity (Wildman–Crippen MR) is 122 cm³/mol. The molecule has 0 bridgehead atoms. The largest absolute Gasteiger partial charge is 0.450 e. The van der Waals surface area contributed by atoms with Crippen LogP contribution < -0.4 is 10.6 Å². The lowest BCUT2D eigenvalue weighted by molar-refractivity contribution is 0.0963. The summed E-state index contributed by atoms with van der Waals surface area (Å²) >= 11 is 0. The monoisotopic (exact) mass is 426 g/mol. The smallest absolute Gasteiger partial charge is 0.409 e. The predicted octanol–water partition coefficient (Wildman–Crippen LogP) is 2.65. The van der Waals surface area contributed by atoms with Gasteiger partial charge in [0.2, 0.25) is 0 Å². The van der Waals surface area contributed by atoms with Crippen LogP contribution in [0.1, 0.15) is 38.1 Å². The summed E-state index contributed by atoms with van der Waals surface area (Å²) in [4.78, 5) is 22.9. The number of rotatable bonds is 8. The lowest BCUT2D eigenvalue weighted by atomic mass is 10.1. The summed E-state index contributed by atoms with van der Waals surface area (Å²) < 4.78 is 7.27. The van der Waals surface area contributed by atoms with Gasteiger partial charge >= 0.3 is 6.09 Å². The Bertz CT molecular complexity index is 828. The first-order valence-electron chi connectivity index (χ1n) is 11.2. The van der Waals surface area contributed by atoms with Gasteiger partial charge in [-0.3, -0.25) is 4.99 Å². The SMILES string of the molecule is CCNC(=NCCc1nccn1Cc1ccccc1)NC1CCN(C(=O)OCC)CC1. The molecule has 8 heteroatoms. The van der Waals surface area contributed by atoms with Crippen molar-refractivity contribution in [2.24, 2.45) is 4.99 Å². The molecule has 3 rings (SSSR count). The Hall–Kier alpha value is -3.03. The van der Waals surface area contributed by atoms with Gasteiger partial charge in [0, 0.05) is 57.6 Å². The third kappa shape index (κ3) is 7.01. The molecule has 0 unspecified atom stereocenters. The van der Waals surface area contributed by atoms with Crippen LogP contribution in [-0.2, 0) is 17.7 Å².